The number of thioether (sulfide) groups is 2. The molecule has 2 aliphatic heterocycles. The fraction of sp³-hybridized carbons (Fsp3) is 0.357. The Morgan fingerprint density at radius 1 is 0.735 bits per heavy atom. The van der Waals surface area contributed by atoms with Crippen LogP contribution in [0, 0.1) is 0 Å². The van der Waals surface area contributed by atoms with E-state index in [1.165, 1.54) is 41.5 Å². The molecule has 1 saturated heterocycles. The first-order valence-electron chi connectivity index (χ1n) is 11.9. The van der Waals surface area contributed by atoms with Crippen LogP contribution in [0.5, 0.6) is 17.2 Å². The molecule has 3 aromatic rings. The molecule has 0 radical (unpaired) electrons. The van der Waals surface area contributed by atoms with Crippen molar-refractivity contribution in [1.82, 2.24) is 4.90 Å². The summed E-state index contributed by atoms with van der Waals surface area (Å²) in [5.41, 5.74) is 0. The van der Waals surface area contributed by atoms with Crippen LogP contribution in [0.2, 0.25) is 0 Å². The van der Waals surface area contributed by atoms with Gasteiger partial charge in [-0.05, 0) is 68.4 Å². The van der Waals surface area contributed by atoms with E-state index >= 15 is 0 Å². The zero-order valence-electron chi connectivity index (χ0n) is 20.2. The summed E-state index contributed by atoms with van der Waals surface area (Å²) in [6.07, 6.45) is 2.71. The number of nitrogens with zero attached hydrogens (tertiary/aromatic N) is 1. The standard InChI is InChI=1S/C12H17NO.C8H8OS2.C6H6O.C2H6/c1-2-6-12(7-3-1)14-11-10-13-8-4-5-9-13;9-6-1-2-7-8(5-6)11-4-3-10-7;7-6-4-2-1-3-5-6;1-2/h1-3,6-7H,4-5,8-11H2;1-2,5,9H,3-4H2;1-5,7H;1-2H3. The van der Waals surface area contributed by atoms with Gasteiger partial charge in [0.1, 0.15) is 23.9 Å². The molecule has 0 unspecified atom stereocenters. The average molecular weight is 500 g/mol. The third-order valence-electron chi connectivity index (χ3n) is 4.90. The summed E-state index contributed by atoms with van der Waals surface area (Å²) in [6, 6.07) is 24.3. The van der Waals surface area contributed by atoms with Crippen molar-refractivity contribution in [2.75, 3.05) is 37.7 Å². The maximum Gasteiger partial charge on any atom is 0.119 e. The van der Waals surface area contributed by atoms with Crippen LogP contribution in [-0.4, -0.2) is 52.9 Å². The lowest BCUT2D eigenvalue weighted by atomic mass is 10.3. The monoisotopic (exact) mass is 499 g/mol. The lowest BCUT2D eigenvalue weighted by Gasteiger charge is -2.14. The van der Waals surface area contributed by atoms with Crippen LogP contribution in [0.4, 0.5) is 0 Å². The summed E-state index contributed by atoms with van der Waals surface area (Å²) in [5.74, 6) is 4.01. The summed E-state index contributed by atoms with van der Waals surface area (Å²) in [5, 5.41) is 17.8. The van der Waals surface area contributed by atoms with E-state index in [0.717, 1.165) is 24.7 Å². The topological polar surface area (TPSA) is 52.9 Å². The summed E-state index contributed by atoms with van der Waals surface area (Å²) >= 11 is 3.69. The number of hydrogen-bond acceptors (Lipinski definition) is 6. The van der Waals surface area contributed by atoms with Gasteiger partial charge in [0.05, 0.1) is 0 Å². The molecule has 2 aliphatic rings. The second-order valence-electron chi connectivity index (χ2n) is 7.37. The van der Waals surface area contributed by atoms with Crippen molar-refractivity contribution >= 4 is 23.5 Å². The molecule has 1 fully saturated rings. The number of aromatic hydroxyl groups is 2. The highest BCUT2D eigenvalue weighted by atomic mass is 32.2. The van der Waals surface area contributed by atoms with E-state index in [2.05, 4.69) is 4.90 Å². The molecule has 2 N–H and O–H groups in total. The van der Waals surface area contributed by atoms with Crippen molar-refractivity contribution in [2.45, 2.75) is 36.5 Å². The number of phenols is 2. The number of likely N-dealkylation sites (tertiary alicyclic amines) is 1. The van der Waals surface area contributed by atoms with Gasteiger partial charge in [-0.2, -0.15) is 0 Å². The van der Waals surface area contributed by atoms with Crippen molar-refractivity contribution in [3.05, 3.63) is 78.9 Å². The maximum absolute atomic E-state index is 9.17. The van der Waals surface area contributed by atoms with Gasteiger partial charge in [-0.15, -0.1) is 23.5 Å². The van der Waals surface area contributed by atoms with Crippen molar-refractivity contribution in [2.24, 2.45) is 0 Å². The van der Waals surface area contributed by atoms with Crippen LogP contribution in [0.25, 0.3) is 0 Å². The first-order chi connectivity index (χ1) is 16.7. The molecule has 184 valence electrons. The molecule has 0 atom stereocenters. The molecule has 34 heavy (non-hydrogen) atoms. The van der Waals surface area contributed by atoms with Gasteiger partial charge >= 0.3 is 0 Å². The Hall–Kier alpha value is -2.28. The highest BCUT2D eigenvalue weighted by molar-refractivity contribution is 8.05. The SMILES string of the molecule is CC.Oc1ccc2c(c1)SCCS2.Oc1ccccc1.c1ccc(OCCN2CCCC2)cc1. The van der Waals surface area contributed by atoms with Crippen molar-refractivity contribution in [3.63, 3.8) is 0 Å². The van der Waals surface area contributed by atoms with Crippen LogP contribution in [0.1, 0.15) is 26.7 Å². The Morgan fingerprint density at radius 3 is 1.91 bits per heavy atom. The highest BCUT2D eigenvalue weighted by Gasteiger charge is 2.11. The maximum atomic E-state index is 9.17. The first-order valence-corrected chi connectivity index (χ1v) is 13.9. The van der Waals surface area contributed by atoms with Crippen LogP contribution < -0.4 is 4.74 Å². The smallest absolute Gasteiger partial charge is 0.119 e. The first kappa shape index (κ1) is 28.0. The van der Waals surface area contributed by atoms with Gasteiger partial charge in [-0.3, -0.25) is 4.90 Å². The lowest BCUT2D eigenvalue weighted by molar-refractivity contribution is 0.238. The van der Waals surface area contributed by atoms with Gasteiger partial charge in [0, 0.05) is 27.8 Å². The third kappa shape index (κ3) is 11.2. The molecule has 0 amide bonds. The molecular weight excluding hydrogens is 462 g/mol. The second kappa shape index (κ2) is 17.2. The van der Waals surface area contributed by atoms with E-state index in [1.54, 1.807) is 30.3 Å². The van der Waals surface area contributed by atoms with Gasteiger partial charge in [0.15, 0.2) is 0 Å². The lowest BCUT2D eigenvalue weighted by Crippen LogP contribution is -2.25. The highest BCUT2D eigenvalue weighted by Crippen LogP contribution is 2.38. The van der Waals surface area contributed by atoms with Gasteiger partial charge in [-0.1, -0.05) is 50.2 Å². The molecule has 2 heterocycles. The number of hydrogen-bond donors (Lipinski definition) is 2. The van der Waals surface area contributed by atoms with Crippen LogP contribution in [0.15, 0.2) is 88.7 Å². The fourth-order valence-electron chi connectivity index (χ4n) is 3.28. The minimum atomic E-state index is 0.322. The number of benzene rings is 3. The summed E-state index contributed by atoms with van der Waals surface area (Å²) in [4.78, 5) is 4.99. The molecule has 3 aromatic carbocycles. The van der Waals surface area contributed by atoms with E-state index in [9.17, 15) is 0 Å². The normalized spacial score (nSPS) is 14.2. The Labute approximate surface area is 213 Å². The Balaban J connectivity index is 0.000000182. The van der Waals surface area contributed by atoms with E-state index in [0.29, 0.717) is 11.5 Å². The predicted octanol–water partition coefficient (Wildman–Crippen LogP) is 7.17. The quantitative estimate of drug-likeness (QED) is 0.397. The zero-order valence-corrected chi connectivity index (χ0v) is 21.9. The van der Waals surface area contributed by atoms with Crippen LogP contribution >= 0.6 is 23.5 Å². The summed E-state index contributed by atoms with van der Waals surface area (Å²) in [6.45, 7) is 8.37. The minimum Gasteiger partial charge on any atom is -0.508 e. The zero-order chi connectivity index (χ0) is 24.4. The number of para-hydroxylation sites is 2. The number of rotatable bonds is 4. The van der Waals surface area contributed by atoms with Crippen molar-refractivity contribution in [3.8, 4) is 17.2 Å². The summed E-state index contributed by atoms with van der Waals surface area (Å²) < 4.78 is 5.63. The van der Waals surface area contributed by atoms with Gasteiger partial charge in [-0.25, -0.2) is 0 Å². The molecule has 0 aromatic heterocycles. The molecule has 0 spiro atoms. The van der Waals surface area contributed by atoms with Crippen molar-refractivity contribution < 1.29 is 14.9 Å². The van der Waals surface area contributed by atoms with Crippen molar-refractivity contribution in [1.29, 1.82) is 0 Å². The Kier molecular flexibility index (Phi) is 14.1. The fourth-order valence-corrected chi connectivity index (χ4v) is 5.52. The summed E-state index contributed by atoms with van der Waals surface area (Å²) in [7, 11) is 0. The molecule has 0 saturated carbocycles. The van der Waals surface area contributed by atoms with E-state index in [4.69, 9.17) is 14.9 Å². The van der Waals surface area contributed by atoms with E-state index in [1.807, 2.05) is 85.9 Å². The van der Waals surface area contributed by atoms with Gasteiger partial charge in [0.2, 0.25) is 0 Å². The van der Waals surface area contributed by atoms with Gasteiger partial charge < -0.3 is 14.9 Å². The Bertz CT molecular complexity index is 904. The number of phenolic OH excluding ortho intramolecular Hbond substituents is 2. The largest absolute Gasteiger partial charge is 0.508 e. The number of fused-ring (bicyclic) bond motifs is 1. The molecule has 5 rings (SSSR count). The Morgan fingerprint density at radius 2 is 1.32 bits per heavy atom. The predicted molar refractivity (Wildman–Crippen MR) is 147 cm³/mol. The van der Waals surface area contributed by atoms with Gasteiger partial charge in [0.25, 0.3) is 0 Å². The minimum absolute atomic E-state index is 0.322. The average Bonchev–Trinajstić information content (AvgIpc) is 3.41. The number of ether oxygens (including phenoxy) is 1. The molecule has 6 heteroatoms. The van der Waals surface area contributed by atoms with E-state index < -0.39 is 0 Å². The molecule has 0 bridgehead atoms. The third-order valence-corrected chi connectivity index (χ3v) is 7.42. The molecular formula is C28H37NO3S2. The molecule has 4 nitrogen and oxygen atoms in total. The van der Waals surface area contributed by atoms with Crippen LogP contribution in [0.3, 0.4) is 0 Å². The second-order valence-corrected chi connectivity index (χ2v) is 9.65. The van der Waals surface area contributed by atoms with E-state index in [-0.39, 0.29) is 0 Å². The van der Waals surface area contributed by atoms with Crippen LogP contribution in [-0.2, 0) is 0 Å². The molecule has 0 aliphatic carbocycles.